The third-order valence-corrected chi connectivity index (χ3v) is 17.6. The molecule has 4 atom stereocenters. The zero-order valence-corrected chi connectivity index (χ0v) is 39.4. The van der Waals surface area contributed by atoms with Gasteiger partial charge in [-0.25, -0.2) is 4.79 Å². The number of nitrogens with one attached hydrogen (secondary N) is 3. The first-order chi connectivity index (χ1) is 27.5. The molecule has 12 heteroatoms. The van der Waals surface area contributed by atoms with Crippen LogP contribution < -0.4 is 20.7 Å². The average molecular weight is 853 g/mol. The molecule has 1 aliphatic rings. The SMILES string of the molecule is COc1ccc(C[C@H]2NC(=O)/C=C\C[C@@H]([C@H](C)/C=C/c3ccc(CO[Si](C(C)C)(C(C)C)C(C)C)cc3)OC(=O)[C@H](CC(C)(C)C)NC(=O)C(C)(C)CNC2=O)cc1Cl. The third-order valence-electron chi connectivity index (χ3n) is 11.3. The van der Waals surface area contributed by atoms with Gasteiger partial charge in [0.2, 0.25) is 26.0 Å². The molecule has 3 rings (SSSR count). The van der Waals surface area contributed by atoms with E-state index in [1.165, 1.54) is 13.2 Å². The van der Waals surface area contributed by atoms with Gasteiger partial charge in [-0.1, -0.05) is 129 Å². The molecular weight excluding hydrogens is 782 g/mol. The van der Waals surface area contributed by atoms with Crippen LogP contribution in [-0.4, -0.2) is 63.9 Å². The number of hydrogen-bond acceptors (Lipinski definition) is 7. The summed E-state index contributed by atoms with van der Waals surface area (Å²) in [6, 6.07) is 11.6. The topological polar surface area (TPSA) is 132 Å². The van der Waals surface area contributed by atoms with Crippen LogP contribution in [0.2, 0.25) is 21.6 Å². The van der Waals surface area contributed by atoms with Gasteiger partial charge in [-0.3, -0.25) is 14.4 Å². The molecule has 0 spiro atoms. The van der Waals surface area contributed by atoms with Crippen molar-refractivity contribution in [2.24, 2.45) is 16.7 Å². The van der Waals surface area contributed by atoms with Crippen molar-refractivity contribution in [1.29, 1.82) is 0 Å². The molecule has 1 heterocycles. The molecule has 10 nitrogen and oxygen atoms in total. The van der Waals surface area contributed by atoms with Crippen molar-refractivity contribution in [2.45, 2.75) is 144 Å². The van der Waals surface area contributed by atoms with Crippen LogP contribution in [0.5, 0.6) is 5.75 Å². The Bertz CT molecular complexity index is 1780. The number of esters is 1. The zero-order chi connectivity index (χ0) is 44.3. The second-order valence-electron chi connectivity index (χ2n) is 18.8. The normalized spacial score (nSPS) is 21.3. The maximum absolute atomic E-state index is 14.0. The summed E-state index contributed by atoms with van der Waals surface area (Å²) >= 11 is 6.38. The predicted molar refractivity (Wildman–Crippen MR) is 241 cm³/mol. The second-order valence-corrected chi connectivity index (χ2v) is 24.7. The van der Waals surface area contributed by atoms with E-state index in [-0.39, 0.29) is 30.7 Å². The van der Waals surface area contributed by atoms with Gasteiger partial charge in [0.15, 0.2) is 0 Å². The highest BCUT2D eigenvalue weighted by atomic mass is 35.5. The Morgan fingerprint density at radius 1 is 0.898 bits per heavy atom. The smallest absolute Gasteiger partial charge is 0.328 e. The first-order valence-electron chi connectivity index (χ1n) is 21.0. The number of halogens is 1. The van der Waals surface area contributed by atoms with E-state index >= 15 is 0 Å². The van der Waals surface area contributed by atoms with Gasteiger partial charge in [0, 0.05) is 25.3 Å². The van der Waals surface area contributed by atoms with Crippen molar-refractivity contribution in [3.63, 3.8) is 0 Å². The highest BCUT2D eigenvalue weighted by Gasteiger charge is 2.45. The van der Waals surface area contributed by atoms with E-state index in [9.17, 15) is 19.2 Å². The summed E-state index contributed by atoms with van der Waals surface area (Å²) in [6.45, 7) is 25.6. The molecule has 0 unspecified atom stereocenters. The Morgan fingerprint density at radius 2 is 1.51 bits per heavy atom. The Hall–Kier alpha value is -3.93. The monoisotopic (exact) mass is 851 g/mol. The summed E-state index contributed by atoms with van der Waals surface area (Å²) in [6.07, 6.45) is 7.00. The Labute approximate surface area is 359 Å². The van der Waals surface area contributed by atoms with Gasteiger partial charge < -0.3 is 29.9 Å². The number of rotatable bonds is 13. The third kappa shape index (κ3) is 14.3. The van der Waals surface area contributed by atoms with Crippen LogP contribution >= 0.6 is 11.6 Å². The number of carbonyl (C=O) groups excluding carboxylic acids is 4. The maximum atomic E-state index is 14.0. The molecule has 3 N–H and O–H groups in total. The highest BCUT2D eigenvalue weighted by molar-refractivity contribution is 6.77. The molecule has 2 aromatic rings. The quantitative estimate of drug-likeness (QED) is 0.135. The van der Waals surface area contributed by atoms with Crippen LogP contribution in [-0.2, 0) is 41.4 Å². The Kier molecular flexibility index (Phi) is 18.0. The van der Waals surface area contributed by atoms with E-state index in [1.807, 2.05) is 39.8 Å². The van der Waals surface area contributed by atoms with Gasteiger partial charge in [0.1, 0.15) is 23.9 Å². The summed E-state index contributed by atoms with van der Waals surface area (Å²) in [4.78, 5) is 54.7. The molecule has 59 heavy (non-hydrogen) atoms. The molecule has 1 aliphatic heterocycles. The molecule has 0 saturated heterocycles. The molecule has 0 aliphatic carbocycles. The van der Waals surface area contributed by atoms with Crippen LogP contribution in [0.4, 0.5) is 0 Å². The van der Waals surface area contributed by atoms with E-state index in [2.05, 4.69) is 81.8 Å². The second kappa shape index (κ2) is 21.5. The number of hydrogen-bond donors (Lipinski definition) is 3. The van der Waals surface area contributed by atoms with E-state index in [1.54, 1.807) is 38.1 Å². The predicted octanol–water partition coefficient (Wildman–Crippen LogP) is 9.35. The van der Waals surface area contributed by atoms with Gasteiger partial charge in [-0.05, 0) is 77.2 Å². The standard InChI is InChI=1S/C47H70ClN3O7Si/c1-30(2)59(31(3)4,32(5)6)57-28-35-21-19-34(20-22-35)18-17-33(7)40-15-14-16-42(52)50-38(26-36-23-24-41(56-13)37(48)25-36)43(53)49-29-47(11,12)45(55)51-39(44(54)58-40)27-46(8,9)10/h14,16-25,30-33,38-40H,15,26-29H2,1-13H3,(H,49,53)(H,50,52)(H,51,55)/b16-14-,18-17+/t33-,38-,39+,40+/m1/s1. The summed E-state index contributed by atoms with van der Waals surface area (Å²) in [5, 5.41) is 8.97. The van der Waals surface area contributed by atoms with Crippen molar-refractivity contribution in [1.82, 2.24) is 16.0 Å². The van der Waals surface area contributed by atoms with Crippen molar-refractivity contribution in [2.75, 3.05) is 13.7 Å². The Morgan fingerprint density at radius 3 is 2.07 bits per heavy atom. The molecule has 0 bridgehead atoms. The van der Waals surface area contributed by atoms with Gasteiger partial charge in [0.05, 0.1) is 24.2 Å². The molecule has 0 radical (unpaired) electrons. The van der Waals surface area contributed by atoms with Crippen molar-refractivity contribution >= 4 is 49.7 Å². The number of ether oxygens (including phenoxy) is 2. The fourth-order valence-electron chi connectivity index (χ4n) is 7.90. The minimum absolute atomic E-state index is 0.0463. The van der Waals surface area contributed by atoms with Crippen molar-refractivity contribution < 1.29 is 33.1 Å². The van der Waals surface area contributed by atoms with Crippen molar-refractivity contribution in [3.05, 3.63) is 82.4 Å². The summed E-state index contributed by atoms with van der Waals surface area (Å²) in [5.41, 5.74) is 2.87. The largest absolute Gasteiger partial charge is 0.495 e. The summed E-state index contributed by atoms with van der Waals surface area (Å²) in [7, 11) is -0.490. The van der Waals surface area contributed by atoms with Gasteiger partial charge >= 0.3 is 5.97 Å². The van der Waals surface area contributed by atoms with Crippen LogP contribution in [0.3, 0.4) is 0 Å². The Balaban J connectivity index is 1.91. The lowest BCUT2D eigenvalue weighted by Gasteiger charge is -2.42. The highest BCUT2D eigenvalue weighted by Crippen LogP contribution is 2.42. The van der Waals surface area contributed by atoms with E-state index < -0.39 is 55.6 Å². The zero-order valence-electron chi connectivity index (χ0n) is 37.7. The molecule has 326 valence electrons. The molecular formula is C47H70ClN3O7Si. The molecule has 0 fully saturated rings. The lowest BCUT2D eigenvalue weighted by atomic mass is 9.86. The van der Waals surface area contributed by atoms with Crippen molar-refractivity contribution in [3.8, 4) is 5.75 Å². The number of amides is 3. The summed E-state index contributed by atoms with van der Waals surface area (Å²) in [5.74, 6) is -1.72. The fraction of sp³-hybridized carbons (Fsp3) is 0.574. The van der Waals surface area contributed by atoms with Crippen LogP contribution in [0.25, 0.3) is 6.08 Å². The first-order valence-corrected chi connectivity index (χ1v) is 23.5. The minimum Gasteiger partial charge on any atom is -0.495 e. The van der Waals surface area contributed by atoms with E-state index in [4.69, 9.17) is 25.5 Å². The number of benzene rings is 2. The molecule has 0 saturated carbocycles. The van der Waals surface area contributed by atoms with Gasteiger partial charge in [-0.2, -0.15) is 0 Å². The number of cyclic esters (lactones) is 1. The van der Waals surface area contributed by atoms with E-state index in [0.29, 0.717) is 46.0 Å². The molecule has 3 amide bonds. The fourth-order valence-corrected chi connectivity index (χ4v) is 13.6. The van der Waals surface area contributed by atoms with Crippen LogP contribution in [0, 0.1) is 16.7 Å². The van der Waals surface area contributed by atoms with Crippen LogP contribution in [0.15, 0.2) is 60.7 Å². The molecule has 0 aromatic heterocycles. The number of methoxy groups -OCH3 is 1. The van der Waals surface area contributed by atoms with Gasteiger partial charge in [0.25, 0.3) is 0 Å². The lowest BCUT2D eigenvalue weighted by molar-refractivity contribution is -0.156. The maximum Gasteiger partial charge on any atom is 0.328 e. The van der Waals surface area contributed by atoms with E-state index in [0.717, 1.165) is 11.1 Å². The van der Waals surface area contributed by atoms with Crippen LogP contribution in [0.1, 0.15) is 113 Å². The average Bonchev–Trinajstić information content (AvgIpc) is 3.14. The minimum atomic E-state index is -2.01. The lowest BCUT2D eigenvalue weighted by Crippen LogP contribution is -2.54. The molecule has 2 aromatic carbocycles. The van der Waals surface area contributed by atoms with Gasteiger partial charge in [-0.15, -0.1) is 0 Å². The first kappa shape index (κ1) is 49.4. The number of carbonyl (C=O) groups is 4. The summed E-state index contributed by atoms with van der Waals surface area (Å²) < 4.78 is 18.3.